The zero-order chi connectivity index (χ0) is 17.6. The van der Waals surface area contributed by atoms with Crippen LogP contribution in [0.4, 0.5) is 0 Å². The Morgan fingerprint density at radius 3 is 2.20 bits per heavy atom. The Kier molecular flexibility index (Phi) is 5.18. The summed E-state index contributed by atoms with van der Waals surface area (Å²) in [5.74, 6) is 2.83. The normalized spacial score (nSPS) is 10.5. The molecule has 3 rings (SSSR count). The molecule has 6 nitrogen and oxygen atoms in total. The van der Waals surface area contributed by atoms with Crippen molar-refractivity contribution in [2.24, 2.45) is 0 Å². The van der Waals surface area contributed by atoms with Crippen LogP contribution in [-0.4, -0.2) is 17.3 Å². The summed E-state index contributed by atoms with van der Waals surface area (Å²) in [6.07, 6.45) is 0. The predicted octanol–water partition coefficient (Wildman–Crippen LogP) is 3.85. The molecule has 0 saturated heterocycles. The Balaban J connectivity index is 1.56. The summed E-state index contributed by atoms with van der Waals surface area (Å²) in [6.45, 7) is 4.48. The average molecular weight is 340 g/mol. The second-order valence-electron chi connectivity index (χ2n) is 5.56. The maximum absolute atomic E-state index is 5.68. The second-order valence-corrected chi connectivity index (χ2v) is 5.56. The van der Waals surface area contributed by atoms with Crippen LogP contribution in [-0.2, 0) is 13.2 Å². The van der Waals surface area contributed by atoms with Gasteiger partial charge in [0.25, 0.3) is 11.8 Å². The van der Waals surface area contributed by atoms with Crippen molar-refractivity contribution in [2.75, 3.05) is 7.11 Å². The minimum absolute atomic E-state index is 0.164. The first-order valence-electron chi connectivity index (χ1n) is 7.93. The molecule has 0 aliphatic heterocycles. The number of hydrogen-bond donors (Lipinski definition) is 0. The summed E-state index contributed by atoms with van der Waals surface area (Å²) in [5, 5.41) is 7.94. The summed E-state index contributed by atoms with van der Waals surface area (Å²) in [5.41, 5.74) is 2.40. The molecule has 0 amide bonds. The van der Waals surface area contributed by atoms with Crippen LogP contribution in [0.15, 0.2) is 46.9 Å². The van der Waals surface area contributed by atoms with Gasteiger partial charge in [-0.2, -0.15) is 0 Å². The Morgan fingerprint density at radius 2 is 1.52 bits per heavy atom. The van der Waals surface area contributed by atoms with E-state index in [1.165, 1.54) is 11.1 Å². The van der Waals surface area contributed by atoms with E-state index in [0.717, 1.165) is 5.75 Å². The lowest BCUT2D eigenvalue weighted by atomic mass is 10.1. The van der Waals surface area contributed by atoms with Crippen molar-refractivity contribution in [2.45, 2.75) is 27.1 Å². The van der Waals surface area contributed by atoms with E-state index in [1.54, 1.807) is 7.11 Å². The van der Waals surface area contributed by atoms with Gasteiger partial charge in [-0.1, -0.05) is 18.2 Å². The molecule has 0 aliphatic rings. The van der Waals surface area contributed by atoms with Crippen molar-refractivity contribution < 1.29 is 18.6 Å². The SMILES string of the molecule is COc1ccccc1OCc1nnc(COc2ccc(C)c(C)c2)o1. The molecule has 25 heavy (non-hydrogen) atoms. The van der Waals surface area contributed by atoms with Crippen molar-refractivity contribution in [1.29, 1.82) is 0 Å². The first-order chi connectivity index (χ1) is 12.2. The lowest BCUT2D eigenvalue weighted by Crippen LogP contribution is -1.98. The summed E-state index contributed by atoms with van der Waals surface area (Å²) >= 11 is 0. The smallest absolute Gasteiger partial charge is 0.254 e. The number of nitrogens with zero attached hydrogens (tertiary/aromatic N) is 2. The van der Waals surface area contributed by atoms with Gasteiger partial charge in [-0.25, -0.2) is 0 Å². The highest BCUT2D eigenvalue weighted by Gasteiger charge is 2.10. The molecule has 0 N–H and O–H groups in total. The summed E-state index contributed by atoms with van der Waals surface area (Å²) < 4.78 is 22.1. The Hall–Kier alpha value is -3.02. The number of benzene rings is 2. The van der Waals surface area contributed by atoms with E-state index in [-0.39, 0.29) is 13.2 Å². The Bertz CT molecular complexity index is 845. The molecule has 0 radical (unpaired) electrons. The molecule has 130 valence electrons. The number of para-hydroxylation sites is 2. The van der Waals surface area contributed by atoms with Gasteiger partial charge >= 0.3 is 0 Å². The number of ether oxygens (including phenoxy) is 3. The van der Waals surface area contributed by atoms with Crippen LogP contribution in [0.5, 0.6) is 17.2 Å². The minimum Gasteiger partial charge on any atom is -0.493 e. The van der Waals surface area contributed by atoms with Crippen LogP contribution in [0.1, 0.15) is 22.9 Å². The van der Waals surface area contributed by atoms with Gasteiger partial charge in [0.15, 0.2) is 24.7 Å². The number of aryl methyl sites for hydroxylation is 2. The Morgan fingerprint density at radius 1 is 0.840 bits per heavy atom. The van der Waals surface area contributed by atoms with Gasteiger partial charge in [-0.15, -0.1) is 10.2 Å². The number of hydrogen-bond acceptors (Lipinski definition) is 6. The molecule has 0 atom stereocenters. The fourth-order valence-electron chi connectivity index (χ4n) is 2.23. The van der Waals surface area contributed by atoms with E-state index in [1.807, 2.05) is 49.4 Å². The van der Waals surface area contributed by atoms with Crippen LogP contribution in [0.2, 0.25) is 0 Å². The third kappa shape index (κ3) is 4.29. The molecule has 0 unspecified atom stereocenters. The monoisotopic (exact) mass is 340 g/mol. The fourth-order valence-corrected chi connectivity index (χ4v) is 2.23. The Labute approximate surface area is 146 Å². The molecule has 0 bridgehead atoms. The third-order valence-electron chi connectivity index (χ3n) is 3.77. The van der Waals surface area contributed by atoms with Crippen molar-refractivity contribution in [1.82, 2.24) is 10.2 Å². The van der Waals surface area contributed by atoms with Crippen molar-refractivity contribution >= 4 is 0 Å². The molecule has 0 spiro atoms. The first kappa shape index (κ1) is 16.8. The van der Waals surface area contributed by atoms with Crippen LogP contribution < -0.4 is 14.2 Å². The standard InChI is InChI=1S/C19H20N2O4/c1-13-8-9-15(10-14(13)2)23-11-18-20-21-19(25-18)12-24-17-7-5-4-6-16(17)22-3/h4-10H,11-12H2,1-3H3. The molecule has 3 aromatic rings. The highest BCUT2D eigenvalue weighted by Crippen LogP contribution is 2.26. The van der Waals surface area contributed by atoms with E-state index in [2.05, 4.69) is 17.1 Å². The van der Waals surface area contributed by atoms with Gasteiger partial charge in [0.2, 0.25) is 0 Å². The molecule has 1 heterocycles. The first-order valence-corrected chi connectivity index (χ1v) is 7.93. The molecule has 0 fully saturated rings. The summed E-state index contributed by atoms with van der Waals surface area (Å²) in [4.78, 5) is 0. The van der Waals surface area contributed by atoms with Crippen molar-refractivity contribution in [3.8, 4) is 17.2 Å². The zero-order valence-corrected chi connectivity index (χ0v) is 14.5. The maximum Gasteiger partial charge on any atom is 0.254 e. The molecule has 1 aromatic heterocycles. The van der Waals surface area contributed by atoms with Crippen LogP contribution in [0.25, 0.3) is 0 Å². The minimum atomic E-state index is 0.164. The highest BCUT2D eigenvalue weighted by molar-refractivity contribution is 5.39. The van der Waals surface area contributed by atoms with Crippen LogP contribution in [0, 0.1) is 13.8 Å². The molecule has 0 aliphatic carbocycles. The quantitative estimate of drug-likeness (QED) is 0.651. The van der Waals surface area contributed by atoms with Crippen LogP contribution >= 0.6 is 0 Å². The second kappa shape index (κ2) is 7.70. The van der Waals surface area contributed by atoms with E-state index in [0.29, 0.717) is 23.3 Å². The molecule has 0 saturated carbocycles. The largest absolute Gasteiger partial charge is 0.493 e. The topological polar surface area (TPSA) is 66.6 Å². The van der Waals surface area contributed by atoms with Crippen LogP contribution in [0.3, 0.4) is 0 Å². The average Bonchev–Trinajstić information content (AvgIpc) is 3.09. The van der Waals surface area contributed by atoms with Crippen molar-refractivity contribution in [3.63, 3.8) is 0 Å². The number of aromatic nitrogens is 2. The van der Waals surface area contributed by atoms with E-state index < -0.39 is 0 Å². The van der Waals surface area contributed by atoms with Gasteiger partial charge in [-0.3, -0.25) is 0 Å². The molecular weight excluding hydrogens is 320 g/mol. The molecule has 2 aromatic carbocycles. The lowest BCUT2D eigenvalue weighted by Gasteiger charge is -2.08. The number of rotatable bonds is 7. The van der Waals surface area contributed by atoms with E-state index in [4.69, 9.17) is 18.6 Å². The zero-order valence-electron chi connectivity index (χ0n) is 14.5. The summed E-state index contributed by atoms with van der Waals surface area (Å²) in [7, 11) is 1.59. The van der Waals surface area contributed by atoms with Gasteiger partial charge in [0.05, 0.1) is 7.11 Å². The van der Waals surface area contributed by atoms with Gasteiger partial charge in [0, 0.05) is 0 Å². The van der Waals surface area contributed by atoms with E-state index in [9.17, 15) is 0 Å². The highest BCUT2D eigenvalue weighted by atomic mass is 16.5. The van der Waals surface area contributed by atoms with Gasteiger partial charge < -0.3 is 18.6 Å². The van der Waals surface area contributed by atoms with Gasteiger partial charge in [-0.05, 0) is 49.2 Å². The summed E-state index contributed by atoms with van der Waals surface area (Å²) in [6, 6.07) is 13.3. The van der Waals surface area contributed by atoms with Crippen molar-refractivity contribution in [3.05, 3.63) is 65.4 Å². The lowest BCUT2D eigenvalue weighted by molar-refractivity contribution is 0.226. The number of methoxy groups -OCH3 is 1. The fraction of sp³-hybridized carbons (Fsp3) is 0.263. The third-order valence-corrected chi connectivity index (χ3v) is 3.77. The van der Waals surface area contributed by atoms with Gasteiger partial charge in [0.1, 0.15) is 5.75 Å². The van der Waals surface area contributed by atoms with E-state index >= 15 is 0 Å². The molecule has 6 heteroatoms. The maximum atomic E-state index is 5.68. The predicted molar refractivity (Wildman–Crippen MR) is 91.9 cm³/mol. The molecular formula is C19H20N2O4.